The molecule has 0 radical (unpaired) electrons. The lowest BCUT2D eigenvalue weighted by Gasteiger charge is -2.36. The van der Waals surface area contributed by atoms with E-state index in [2.05, 4.69) is 17.1 Å². The lowest BCUT2D eigenvalue weighted by Crippen LogP contribution is -2.49. The van der Waals surface area contributed by atoms with Crippen LogP contribution in [0.25, 0.3) is 0 Å². The maximum atomic E-state index is 12.3. The van der Waals surface area contributed by atoms with Gasteiger partial charge >= 0.3 is 0 Å². The van der Waals surface area contributed by atoms with Crippen molar-refractivity contribution in [2.75, 3.05) is 25.0 Å². The number of hydrogen-bond acceptors (Lipinski definition) is 4. The van der Waals surface area contributed by atoms with Crippen LogP contribution in [0.1, 0.15) is 37.0 Å². The number of anilines is 1. The van der Waals surface area contributed by atoms with Crippen molar-refractivity contribution >= 4 is 17.4 Å². The van der Waals surface area contributed by atoms with Crippen LogP contribution in [0.15, 0.2) is 24.3 Å². The summed E-state index contributed by atoms with van der Waals surface area (Å²) in [7, 11) is 0. The van der Waals surface area contributed by atoms with Crippen molar-refractivity contribution < 1.29 is 14.3 Å². The number of para-hydroxylation sites is 1. The number of ether oxygens (including phenoxy) is 1. The summed E-state index contributed by atoms with van der Waals surface area (Å²) in [5.41, 5.74) is 1.14. The number of nitrogens with one attached hydrogen (secondary N) is 1. The molecular formula is C18H24N2O3. The summed E-state index contributed by atoms with van der Waals surface area (Å²) in [5.74, 6) is 0.541. The molecule has 1 aliphatic heterocycles. The van der Waals surface area contributed by atoms with Gasteiger partial charge in [0.25, 0.3) is 0 Å². The zero-order valence-corrected chi connectivity index (χ0v) is 13.7. The minimum absolute atomic E-state index is 0.0466. The second-order valence-electron chi connectivity index (χ2n) is 6.67. The topological polar surface area (TPSA) is 58.6 Å². The molecule has 0 spiro atoms. The molecule has 1 N–H and O–H groups in total. The summed E-state index contributed by atoms with van der Waals surface area (Å²) in [6.07, 6.45) is 2.90. The summed E-state index contributed by atoms with van der Waals surface area (Å²) in [6, 6.07) is 7.12. The van der Waals surface area contributed by atoms with Crippen molar-refractivity contribution in [2.45, 2.75) is 38.9 Å². The molecule has 1 aromatic carbocycles. The van der Waals surface area contributed by atoms with E-state index in [0.717, 1.165) is 13.1 Å². The molecule has 0 bridgehead atoms. The Morgan fingerprint density at radius 2 is 2.00 bits per heavy atom. The lowest BCUT2D eigenvalue weighted by atomic mass is 10.1. The van der Waals surface area contributed by atoms with Crippen molar-refractivity contribution in [1.82, 2.24) is 4.90 Å². The van der Waals surface area contributed by atoms with Gasteiger partial charge in [-0.1, -0.05) is 12.1 Å². The largest absolute Gasteiger partial charge is 0.372 e. The average Bonchev–Trinajstić information content (AvgIpc) is 3.31. The number of Topliss-reactive ketones (excluding diaryl/α,β-unsaturated/α-hetero) is 1. The third-order valence-corrected chi connectivity index (χ3v) is 4.46. The summed E-state index contributed by atoms with van der Waals surface area (Å²) in [6.45, 7) is 5.49. The summed E-state index contributed by atoms with van der Waals surface area (Å²) in [4.78, 5) is 26.1. The number of carbonyl (C=O) groups excluding carboxylic acids is 2. The van der Waals surface area contributed by atoms with E-state index < -0.39 is 0 Å². The third kappa shape index (κ3) is 4.18. The van der Waals surface area contributed by atoms with E-state index in [1.807, 2.05) is 6.07 Å². The quantitative estimate of drug-likeness (QED) is 0.847. The van der Waals surface area contributed by atoms with E-state index in [1.54, 1.807) is 18.2 Å². The van der Waals surface area contributed by atoms with Crippen molar-refractivity contribution in [3.8, 4) is 0 Å². The fraction of sp³-hybridized carbons (Fsp3) is 0.556. The van der Waals surface area contributed by atoms with Gasteiger partial charge in [0.05, 0.1) is 24.4 Å². The molecule has 1 aromatic rings. The number of hydrogen-bond donors (Lipinski definition) is 1. The molecule has 1 heterocycles. The Morgan fingerprint density at radius 3 is 2.70 bits per heavy atom. The standard InChI is InChI=1S/C18H24N2O3/c1-12-9-20(10-17(23-12)14-7-8-14)11-18(22)19-16-6-4-3-5-15(16)13(2)21/h3-6,12,14,17H,7-11H2,1-2H3,(H,19,22)/t12-,17+/m1/s1. The molecule has 1 amide bonds. The molecule has 1 saturated carbocycles. The number of rotatable bonds is 5. The second kappa shape index (κ2) is 6.81. The smallest absolute Gasteiger partial charge is 0.238 e. The van der Waals surface area contributed by atoms with Gasteiger partial charge in [-0.3, -0.25) is 14.5 Å². The lowest BCUT2D eigenvalue weighted by molar-refractivity contribution is -0.122. The molecule has 3 rings (SSSR count). The van der Waals surface area contributed by atoms with Crippen LogP contribution in [0.5, 0.6) is 0 Å². The van der Waals surface area contributed by atoms with Crippen LogP contribution in [0, 0.1) is 5.92 Å². The number of ketones is 1. The average molecular weight is 316 g/mol. The van der Waals surface area contributed by atoms with E-state index in [-0.39, 0.29) is 23.9 Å². The molecule has 2 aliphatic rings. The number of carbonyl (C=O) groups is 2. The van der Waals surface area contributed by atoms with E-state index in [9.17, 15) is 9.59 Å². The van der Waals surface area contributed by atoms with Gasteiger partial charge < -0.3 is 10.1 Å². The maximum Gasteiger partial charge on any atom is 0.238 e. The SMILES string of the molecule is CC(=O)c1ccccc1NC(=O)CN1C[C@@H](C)O[C@H](C2CC2)C1. The molecule has 2 fully saturated rings. The van der Waals surface area contributed by atoms with Crippen LogP contribution in [-0.2, 0) is 9.53 Å². The Hall–Kier alpha value is -1.72. The maximum absolute atomic E-state index is 12.3. The van der Waals surface area contributed by atoms with Crippen molar-refractivity contribution in [2.24, 2.45) is 5.92 Å². The minimum Gasteiger partial charge on any atom is -0.372 e. The molecular weight excluding hydrogens is 292 g/mol. The molecule has 1 saturated heterocycles. The fourth-order valence-corrected chi connectivity index (χ4v) is 3.23. The van der Waals surface area contributed by atoms with Crippen molar-refractivity contribution in [1.29, 1.82) is 0 Å². The first-order valence-corrected chi connectivity index (χ1v) is 8.30. The first-order valence-electron chi connectivity index (χ1n) is 8.30. The Balaban J connectivity index is 1.59. The Kier molecular flexibility index (Phi) is 4.78. The molecule has 0 unspecified atom stereocenters. The summed E-state index contributed by atoms with van der Waals surface area (Å²) in [5, 5.41) is 2.87. The van der Waals surface area contributed by atoms with Crippen molar-refractivity contribution in [3.63, 3.8) is 0 Å². The first-order chi connectivity index (χ1) is 11.0. The van der Waals surface area contributed by atoms with Crippen LogP contribution in [0.4, 0.5) is 5.69 Å². The Bertz CT molecular complexity index is 598. The molecule has 0 aromatic heterocycles. The zero-order chi connectivity index (χ0) is 16.4. The number of benzene rings is 1. The number of nitrogens with zero attached hydrogens (tertiary/aromatic N) is 1. The van der Waals surface area contributed by atoms with Gasteiger partial charge in [0.15, 0.2) is 5.78 Å². The summed E-state index contributed by atoms with van der Waals surface area (Å²) < 4.78 is 5.97. The van der Waals surface area contributed by atoms with Gasteiger partial charge in [-0.05, 0) is 44.7 Å². The normalized spacial score (nSPS) is 25.1. The number of morpholine rings is 1. The van der Waals surface area contributed by atoms with Crippen LogP contribution in [0.2, 0.25) is 0 Å². The van der Waals surface area contributed by atoms with Gasteiger partial charge in [0, 0.05) is 18.7 Å². The highest BCUT2D eigenvalue weighted by atomic mass is 16.5. The molecule has 2 atom stereocenters. The van der Waals surface area contributed by atoms with Crippen LogP contribution in [-0.4, -0.2) is 48.4 Å². The van der Waals surface area contributed by atoms with Gasteiger partial charge in [0.2, 0.25) is 5.91 Å². The van der Waals surface area contributed by atoms with Gasteiger partial charge in [-0.2, -0.15) is 0 Å². The van der Waals surface area contributed by atoms with Gasteiger partial charge in [-0.15, -0.1) is 0 Å². The highest BCUT2D eigenvalue weighted by molar-refractivity contribution is 6.04. The van der Waals surface area contributed by atoms with Crippen LogP contribution in [0.3, 0.4) is 0 Å². The Labute approximate surface area is 137 Å². The third-order valence-electron chi connectivity index (χ3n) is 4.46. The van der Waals surface area contributed by atoms with E-state index >= 15 is 0 Å². The zero-order valence-electron chi connectivity index (χ0n) is 13.7. The molecule has 5 heteroatoms. The van der Waals surface area contributed by atoms with Crippen LogP contribution >= 0.6 is 0 Å². The first kappa shape index (κ1) is 16.1. The monoisotopic (exact) mass is 316 g/mol. The minimum atomic E-state index is -0.0812. The highest BCUT2D eigenvalue weighted by Gasteiger charge is 2.37. The molecule has 1 aliphatic carbocycles. The van der Waals surface area contributed by atoms with E-state index in [1.165, 1.54) is 19.8 Å². The van der Waals surface area contributed by atoms with E-state index in [0.29, 0.717) is 23.7 Å². The van der Waals surface area contributed by atoms with Gasteiger partial charge in [0.1, 0.15) is 0 Å². The molecule has 5 nitrogen and oxygen atoms in total. The highest BCUT2D eigenvalue weighted by Crippen LogP contribution is 2.36. The van der Waals surface area contributed by atoms with Gasteiger partial charge in [-0.25, -0.2) is 0 Å². The predicted molar refractivity (Wildman–Crippen MR) is 88.6 cm³/mol. The molecule has 124 valence electrons. The summed E-state index contributed by atoms with van der Waals surface area (Å²) >= 11 is 0. The van der Waals surface area contributed by atoms with E-state index in [4.69, 9.17) is 4.74 Å². The number of amides is 1. The molecule has 23 heavy (non-hydrogen) atoms. The Morgan fingerprint density at radius 1 is 1.26 bits per heavy atom. The predicted octanol–water partition coefficient (Wildman–Crippen LogP) is 2.33. The fourth-order valence-electron chi connectivity index (χ4n) is 3.23. The second-order valence-corrected chi connectivity index (χ2v) is 6.67. The van der Waals surface area contributed by atoms with Crippen LogP contribution < -0.4 is 5.32 Å². The van der Waals surface area contributed by atoms with Crippen molar-refractivity contribution in [3.05, 3.63) is 29.8 Å².